The third-order valence-corrected chi connectivity index (χ3v) is 6.94. The van der Waals surface area contributed by atoms with Gasteiger partial charge in [-0.05, 0) is 56.2 Å². The summed E-state index contributed by atoms with van der Waals surface area (Å²) in [7, 11) is 0. The number of halogens is 2. The first kappa shape index (κ1) is 31.6. The molecule has 0 radical (unpaired) electrons. The summed E-state index contributed by atoms with van der Waals surface area (Å²) in [6, 6.07) is 9.18. The molecule has 4 aromatic rings. The fourth-order valence-corrected chi connectivity index (χ4v) is 4.53. The van der Waals surface area contributed by atoms with Crippen LogP contribution in [-0.2, 0) is 9.53 Å². The molecule has 5 rings (SSSR count). The van der Waals surface area contributed by atoms with E-state index in [1.165, 1.54) is 46.0 Å². The molecular weight excluding hydrogens is 602 g/mol. The average Bonchev–Trinajstić information content (AvgIpc) is 3.03. The molecule has 3 heterocycles. The highest BCUT2D eigenvalue weighted by Gasteiger charge is 2.21. The number of nitrogen functional groups attached to an aromatic ring is 1. The molecule has 1 fully saturated rings. The Labute approximate surface area is 261 Å². The second-order valence-electron chi connectivity index (χ2n) is 10.4. The van der Waals surface area contributed by atoms with Crippen molar-refractivity contribution < 1.29 is 27.8 Å². The van der Waals surface area contributed by atoms with Crippen LogP contribution < -0.4 is 27.0 Å². The van der Waals surface area contributed by atoms with E-state index in [-0.39, 0.29) is 34.3 Å². The van der Waals surface area contributed by atoms with Crippen LogP contribution >= 0.6 is 0 Å². The summed E-state index contributed by atoms with van der Waals surface area (Å²) < 4.78 is 41.6. The van der Waals surface area contributed by atoms with Gasteiger partial charge < -0.3 is 25.4 Å². The van der Waals surface area contributed by atoms with Crippen LogP contribution in [0, 0.1) is 23.5 Å². The molecule has 12 nitrogen and oxygen atoms in total. The van der Waals surface area contributed by atoms with Crippen LogP contribution in [0.2, 0.25) is 0 Å². The van der Waals surface area contributed by atoms with Crippen LogP contribution in [0.4, 0.5) is 20.3 Å². The molecule has 0 atom stereocenters. The predicted octanol–water partition coefficient (Wildman–Crippen LogP) is 3.09. The maximum absolute atomic E-state index is 15.2. The average molecular weight is 631 g/mol. The molecule has 236 valence electrons. The number of carbonyl (C=O) groups excluding carboxylic acids is 2. The van der Waals surface area contributed by atoms with E-state index in [0.29, 0.717) is 26.3 Å². The van der Waals surface area contributed by atoms with E-state index in [2.05, 4.69) is 22.1 Å². The van der Waals surface area contributed by atoms with Crippen molar-refractivity contribution in [3.63, 3.8) is 0 Å². The number of morpholine rings is 1. The van der Waals surface area contributed by atoms with E-state index in [1.54, 1.807) is 13.8 Å². The highest BCUT2D eigenvalue weighted by molar-refractivity contribution is 6.04. The Morgan fingerprint density at radius 2 is 1.76 bits per heavy atom. The summed E-state index contributed by atoms with van der Waals surface area (Å²) in [6.07, 6.45) is 2.46. The highest BCUT2D eigenvalue weighted by Crippen LogP contribution is 2.30. The maximum atomic E-state index is 15.2. The third-order valence-electron chi connectivity index (χ3n) is 6.94. The second-order valence-corrected chi connectivity index (χ2v) is 10.4. The van der Waals surface area contributed by atoms with E-state index in [9.17, 15) is 23.6 Å². The first-order valence-electron chi connectivity index (χ1n) is 14.1. The summed E-state index contributed by atoms with van der Waals surface area (Å²) in [5, 5.41) is 2.46. The molecule has 3 N–H and O–H groups in total. The van der Waals surface area contributed by atoms with Gasteiger partial charge in [-0.25, -0.2) is 23.1 Å². The van der Waals surface area contributed by atoms with Gasteiger partial charge in [0.05, 0.1) is 18.9 Å². The number of hydrogen-bond acceptors (Lipinski definition) is 8. The van der Waals surface area contributed by atoms with Gasteiger partial charge in [-0.15, -0.1) is 0 Å². The van der Waals surface area contributed by atoms with E-state index < -0.39 is 46.3 Å². The number of amides is 2. The molecule has 1 saturated heterocycles. The second kappa shape index (κ2) is 13.4. The number of ether oxygens (including phenoxy) is 2. The smallest absolute Gasteiger partial charge is 0.335 e. The molecule has 0 bridgehead atoms. The molecule has 1 aliphatic rings. The molecule has 0 saturated carbocycles. The quantitative estimate of drug-likeness (QED) is 0.309. The van der Waals surface area contributed by atoms with Crippen molar-refractivity contribution in [1.29, 1.82) is 0 Å². The third kappa shape index (κ3) is 6.79. The van der Waals surface area contributed by atoms with Gasteiger partial charge in [0.2, 0.25) is 0 Å². The van der Waals surface area contributed by atoms with Crippen molar-refractivity contribution in [3.05, 3.63) is 105 Å². The van der Waals surface area contributed by atoms with Crippen LogP contribution in [0.15, 0.2) is 70.5 Å². The summed E-state index contributed by atoms with van der Waals surface area (Å²) in [5.41, 5.74) is 4.04. The number of hydrogen-bond donors (Lipinski definition) is 2. The van der Waals surface area contributed by atoms with Crippen molar-refractivity contribution in [2.24, 2.45) is 0 Å². The lowest BCUT2D eigenvalue weighted by atomic mass is 10.2. The summed E-state index contributed by atoms with van der Waals surface area (Å²) in [5.74, 6) is 2.14. The molecule has 0 unspecified atom stereocenters. The lowest BCUT2D eigenvalue weighted by molar-refractivity contribution is -0.129. The monoisotopic (exact) mass is 630 g/mol. The highest BCUT2D eigenvalue weighted by atomic mass is 19.1. The number of aromatic nitrogens is 3. The zero-order valence-electron chi connectivity index (χ0n) is 24.8. The standard InChI is InChI=1S/C32H28F2N6O6/c1-19(2)39-18-24(31(43)40(32(39)44)22-6-3-20(33)4-7-22)30(42)37-21-5-9-27(25(34)17-21)46-26-11-12-36-29(35)23(26)8-10-28(41)38-13-15-45-16-14-38/h3-7,9,11-12,17-19H,13-16H2,1-2H3,(H2,35,36)(H,37,42). The largest absolute Gasteiger partial charge is 0.453 e. The molecule has 46 heavy (non-hydrogen) atoms. The Morgan fingerprint density at radius 1 is 1.04 bits per heavy atom. The molecule has 0 aliphatic carbocycles. The zero-order valence-corrected chi connectivity index (χ0v) is 24.8. The topological polar surface area (TPSA) is 151 Å². The normalized spacial score (nSPS) is 12.8. The van der Waals surface area contributed by atoms with E-state index in [1.807, 2.05) is 0 Å². The Hall–Kier alpha value is -5.81. The lowest BCUT2D eigenvalue weighted by Gasteiger charge is -2.24. The molecule has 2 aromatic carbocycles. The van der Waals surface area contributed by atoms with Crippen LogP contribution in [0.25, 0.3) is 5.69 Å². The van der Waals surface area contributed by atoms with Crippen LogP contribution in [-0.4, -0.2) is 57.1 Å². The van der Waals surface area contributed by atoms with Gasteiger partial charge in [0.15, 0.2) is 11.6 Å². The Bertz CT molecular complexity index is 1990. The van der Waals surface area contributed by atoms with Crippen molar-refractivity contribution in [1.82, 2.24) is 19.0 Å². The summed E-state index contributed by atoms with van der Waals surface area (Å²) >= 11 is 0. The SMILES string of the molecule is CC(C)n1cc(C(=O)Nc2ccc(Oc3ccnc(N)c3C#CC(=O)N3CCOCC3)c(F)c2)c(=O)n(-c2ccc(F)cc2)c1=O. The fraction of sp³-hybridized carbons (Fsp3) is 0.219. The number of benzene rings is 2. The Kier molecular flexibility index (Phi) is 9.24. The Morgan fingerprint density at radius 3 is 2.43 bits per heavy atom. The number of nitrogens with two attached hydrogens (primary N) is 1. The van der Waals surface area contributed by atoms with Crippen LogP contribution in [0.1, 0.15) is 35.8 Å². The van der Waals surface area contributed by atoms with Gasteiger partial charge >= 0.3 is 5.69 Å². The van der Waals surface area contributed by atoms with Crippen molar-refractivity contribution in [3.8, 4) is 29.0 Å². The molecule has 1 aliphatic heterocycles. The minimum absolute atomic E-state index is 0.0183. The van der Waals surface area contributed by atoms with Gasteiger partial charge in [-0.2, -0.15) is 0 Å². The van der Waals surface area contributed by atoms with Gasteiger partial charge in [0.1, 0.15) is 28.5 Å². The molecule has 2 aromatic heterocycles. The molecule has 14 heteroatoms. The van der Waals surface area contributed by atoms with E-state index in [4.69, 9.17) is 15.2 Å². The molecule has 0 spiro atoms. The first-order valence-corrected chi connectivity index (χ1v) is 14.1. The van der Waals surface area contributed by atoms with E-state index >= 15 is 4.39 Å². The summed E-state index contributed by atoms with van der Waals surface area (Å²) in [6.45, 7) is 4.99. The van der Waals surface area contributed by atoms with E-state index in [0.717, 1.165) is 29.0 Å². The number of nitrogens with one attached hydrogen (secondary N) is 1. The minimum Gasteiger partial charge on any atom is -0.453 e. The zero-order chi connectivity index (χ0) is 33.0. The minimum atomic E-state index is -0.942. The van der Waals surface area contributed by atoms with Crippen LogP contribution in [0.5, 0.6) is 11.5 Å². The van der Waals surface area contributed by atoms with Crippen LogP contribution in [0.3, 0.4) is 0 Å². The summed E-state index contributed by atoms with van der Waals surface area (Å²) in [4.78, 5) is 57.6. The number of rotatable bonds is 6. The number of nitrogens with zero attached hydrogens (tertiary/aromatic N) is 4. The van der Waals surface area contributed by atoms with Crippen molar-refractivity contribution in [2.45, 2.75) is 19.9 Å². The molecule has 2 amide bonds. The number of anilines is 2. The van der Waals surface area contributed by atoms with Gasteiger partial charge in [-0.3, -0.25) is 19.0 Å². The van der Waals surface area contributed by atoms with Crippen molar-refractivity contribution in [2.75, 3.05) is 37.4 Å². The Balaban J connectivity index is 1.39. The first-order chi connectivity index (χ1) is 22.0. The van der Waals surface area contributed by atoms with Gasteiger partial charge in [-0.1, -0.05) is 0 Å². The van der Waals surface area contributed by atoms with Gasteiger partial charge in [0, 0.05) is 55.3 Å². The number of carbonyl (C=O) groups is 2. The van der Waals surface area contributed by atoms with Crippen molar-refractivity contribution >= 4 is 23.3 Å². The van der Waals surface area contributed by atoms with Gasteiger partial charge in [0.25, 0.3) is 17.4 Å². The number of pyridine rings is 1. The maximum Gasteiger partial charge on any atom is 0.335 e. The molecular formula is C32H28F2N6O6. The fourth-order valence-electron chi connectivity index (χ4n) is 4.53. The lowest BCUT2D eigenvalue weighted by Crippen LogP contribution is -2.42. The predicted molar refractivity (Wildman–Crippen MR) is 164 cm³/mol.